The van der Waals surface area contributed by atoms with Crippen LogP contribution in [-0.4, -0.2) is 26.5 Å². The number of imidazole rings is 1. The number of hydrogen-bond donors (Lipinski definition) is 2. The van der Waals surface area contributed by atoms with E-state index >= 15 is 0 Å². The fraction of sp³-hybridized carbons (Fsp3) is 0.0952. The molecule has 2 aromatic heterocycles. The number of fused-ring (bicyclic) bond motifs is 2. The standard InChI is InChI=1S/C21H15F2N5O/c22-14-3-1-2-12(6-14)16-8-13-7-15(23)4-5-17(13)29-18(16)9-24-20-19-21(26-10-25-19)28-11-27-20/h1-7,10-11H,8-9H2,(H2,24,25,26,27,28). The molecule has 4 aromatic rings. The van der Waals surface area contributed by atoms with E-state index in [1.54, 1.807) is 18.5 Å². The first kappa shape index (κ1) is 17.3. The monoisotopic (exact) mass is 391 g/mol. The van der Waals surface area contributed by atoms with Gasteiger partial charge in [0.2, 0.25) is 0 Å². The fourth-order valence-electron chi connectivity index (χ4n) is 3.41. The van der Waals surface area contributed by atoms with Crippen molar-refractivity contribution in [2.45, 2.75) is 6.42 Å². The van der Waals surface area contributed by atoms with E-state index in [2.05, 4.69) is 25.3 Å². The number of aromatic amines is 1. The van der Waals surface area contributed by atoms with Gasteiger partial charge < -0.3 is 15.0 Å². The van der Waals surface area contributed by atoms with Gasteiger partial charge in [0.1, 0.15) is 35.0 Å². The topological polar surface area (TPSA) is 75.7 Å². The van der Waals surface area contributed by atoms with E-state index in [0.717, 1.165) is 5.57 Å². The normalized spacial score (nSPS) is 13.3. The predicted octanol–water partition coefficient (Wildman–Crippen LogP) is 4.09. The molecule has 29 heavy (non-hydrogen) atoms. The molecule has 0 bridgehead atoms. The Morgan fingerprint density at radius 2 is 1.93 bits per heavy atom. The van der Waals surface area contributed by atoms with Crippen LogP contribution in [0.2, 0.25) is 0 Å². The zero-order valence-electron chi connectivity index (χ0n) is 15.1. The first-order valence-corrected chi connectivity index (χ1v) is 8.99. The maximum Gasteiger partial charge on any atom is 0.182 e. The molecule has 1 aliphatic rings. The molecule has 0 radical (unpaired) electrons. The van der Waals surface area contributed by atoms with Gasteiger partial charge in [-0.05, 0) is 35.9 Å². The Hall–Kier alpha value is -3.81. The number of nitrogens with zero attached hydrogens (tertiary/aromatic N) is 3. The van der Waals surface area contributed by atoms with Crippen LogP contribution in [0.3, 0.4) is 0 Å². The summed E-state index contributed by atoms with van der Waals surface area (Å²) in [5, 5.41) is 3.23. The first-order valence-electron chi connectivity index (χ1n) is 8.99. The highest BCUT2D eigenvalue weighted by Gasteiger charge is 2.22. The molecule has 0 amide bonds. The van der Waals surface area contributed by atoms with E-state index in [0.29, 0.717) is 52.6 Å². The van der Waals surface area contributed by atoms with Crippen molar-refractivity contribution in [1.82, 2.24) is 19.9 Å². The molecule has 0 atom stereocenters. The van der Waals surface area contributed by atoms with E-state index in [9.17, 15) is 8.78 Å². The van der Waals surface area contributed by atoms with E-state index in [-0.39, 0.29) is 11.6 Å². The third kappa shape index (κ3) is 3.29. The molecule has 8 heteroatoms. The van der Waals surface area contributed by atoms with Gasteiger partial charge in [0.15, 0.2) is 11.5 Å². The molecular weight excluding hydrogens is 376 g/mol. The SMILES string of the molecule is Fc1cccc(C2=C(CNc3ncnc4nc[nH]c34)Oc3ccc(F)cc3C2)c1. The molecule has 0 spiro atoms. The number of anilines is 1. The molecule has 144 valence electrons. The van der Waals surface area contributed by atoms with Gasteiger partial charge in [0, 0.05) is 17.6 Å². The average Bonchev–Trinajstić information content (AvgIpc) is 3.21. The van der Waals surface area contributed by atoms with Gasteiger partial charge in [-0.3, -0.25) is 0 Å². The third-order valence-corrected chi connectivity index (χ3v) is 4.77. The summed E-state index contributed by atoms with van der Waals surface area (Å²) in [6.45, 7) is 0.299. The van der Waals surface area contributed by atoms with E-state index in [4.69, 9.17) is 4.74 Å². The number of halogens is 2. The lowest BCUT2D eigenvalue weighted by molar-refractivity contribution is 0.409. The highest BCUT2D eigenvalue weighted by molar-refractivity contribution is 5.82. The summed E-state index contributed by atoms with van der Waals surface area (Å²) in [6.07, 6.45) is 3.40. The number of benzene rings is 2. The molecule has 2 N–H and O–H groups in total. The molecule has 3 heterocycles. The molecule has 6 nitrogen and oxygen atoms in total. The maximum atomic E-state index is 13.8. The summed E-state index contributed by atoms with van der Waals surface area (Å²) in [4.78, 5) is 15.5. The summed E-state index contributed by atoms with van der Waals surface area (Å²) < 4.78 is 33.6. The van der Waals surface area contributed by atoms with Crippen LogP contribution < -0.4 is 10.1 Å². The van der Waals surface area contributed by atoms with Crippen LogP contribution in [0.4, 0.5) is 14.6 Å². The Morgan fingerprint density at radius 3 is 2.83 bits per heavy atom. The van der Waals surface area contributed by atoms with Crippen LogP contribution in [0.15, 0.2) is 60.9 Å². The molecule has 5 rings (SSSR count). The minimum absolute atomic E-state index is 0.299. The molecule has 0 saturated carbocycles. The number of allylic oxidation sites excluding steroid dienone is 1. The van der Waals surface area contributed by atoms with Crippen LogP contribution in [0.1, 0.15) is 11.1 Å². The Morgan fingerprint density at radius 1 is 1.03 bits per heavy atom. The molecule has 0 aliphatic carbocycles. The van der Waals surface area contributed by atoms with Gasteiger partial charge in [-0.15, -0.1) is 0 Å². The van der Waals surface area contributed by atoms with Crippen molar-refractivity contribution in [3.63, 3.8) is 0 Å². The molecular formula is C21H15F2N5O. The minimum Gasteiger partial charge on any atom is -0.459 e. The van der Waals surface area contributed by atoms with Gasteiger partial charge in [-0.2, -0.15) is 0 Å². The van der Waals surface area contributed by atoms with E-state index in [1.807, 2.05) is 6.07 Å². The van der Waals surface area contributed by atoms with Crippen molar-refractivity contribution >= 4 is 22.6 Å². The average molecular weight is 391 g/mol. The molecule has 1 aliphatic heterocycles. The fourth-order valence-corrected chi connectivity index (χ4v) is 3.41. The van der Waals surface area contributed by atoms with Crippen molar-refractivity contribution in [2.24, 2.45) is 0 Å². The molecule has 0 saturated heterocycles. The van der Waals surface area contributed by atoms with Crippen molar-refractivity contribution in [3.8, 4) is 5.75 Å². The predicted molar refractivity (Wildman–Crippen MR) is 104 cm³/mol. The zero-order chi connectivity index (χ0) is 19.8. The van der Waals surface area contributed by atoms with E-state index < -0.39 is 0 Å². The number of ether oxygens (including phenoxy) is 1. The Kier molecular flexibility index (Phi) is 4.16. The highest BCUT2D eigenvalue weighted by Crippen LogP contribution is 2.35. The van der Waals surface area contributed by atoms with Gasteiger partial charge in [-0.1, -0.05) is 12.1 Å². The van der Waals surface area contributed by atoms with Gasteiger partial charge >= 0.3 is 0 Å². The van der Waals surface area contributed by atoms with Crippen molar-refractivity contribution in [1.29, 1.82) is 0 Å². The van der Waals surface area contributed by atoms with Crippen molar-refractivity contribution in [3.05, 3.63) is 83.6 Å². The highest BCUT2D eigenvalue weighted by atomic mass is 19.1. The number of nitrogens with one attached hydrogen (secondary N) is 2. The summed E-state index contributed by atoms with van der Waals surface area (Å²) in [6, 6.07) is 10.7. The quantitative estimate of drug-likeness (QED) is 0.548. The Balaban J connectivity index is 1.52. The number of rotatable bonds is 4. The van der Waals surface area contributed by atoms with E-state index in [1.165, 1.54) is 30.6 Å². The minimum atomic E-state index is -0.345. The molecule has 2 aromatic carbocycles. The first-order chi connectivity index (χ1) is 14.2. The second-order valence-corrected chi connectivity index (χ2v) is 6.62. The van der Waals surface area contributed by atoms with Crippen molar-refractivity contribution < 1.29 is 13.5 Å². The van der Waals surface area contributed by atoms with Crippen LogP contribution >= 0.6 is 0 Å². The zero-order valence-corrected chi connectivity index (χ0v) is 15.1. The lowest BCUT2D eigenvalue weighted by Gasteiger charge is -2.24. The second kappa shape index (κ2) is 6.97. The molecule has 0 unspecified atom stereocenters. The number of hydrogen-bond acceptors (Lipinski definition) is 5. The summed E-state index contributed by atoms with van der Waals surface area (Å²) in [7, 11) is 0. The van der Waals surface area contributed by atoms with Gasteiger partial charge in [0.25, 0.3) is 0 Å². The molecule has 0 fully saturated rings. The van der Waals surface area contributed by atoms with Crippen LogP contribution in [0.5, 0.6) is 5.75 Å². The lowest BCUT2D eigenvalue weighted by atomic mass is 9.94. The summed E-state index contributed by atoms with van der Waals surface area (Å²) in [5.41, 5.74) is 3.41. The van der Waals surface area contributed by atoms with Gasteiger partial charge in [0.05, 0.1) is 12.9 Å². The van der Waals surface area contributed by atoms with Crippen LogP contribution in [0, 0.1) is 11.6 Å². The van der Waals surface area contributed by atoms with Crippen LogP contribution in [-0.2, 0) is 6.42 Å². The second-order valence-electron chi connectivity index (χ2n) is 6.62. The Bertz CT molecular complexity index is 1250. The Labute approximate surface area is 164 Å². The van der Waals surface area contributed by atoms with Gasteiger partial charge in [-0.25, -0.2) is 23.7 Å². The summed E-state index contributed by atoms with van der Waals surface area (Å²) in [5.74, 6) is 1.09. The number of H-pyrrole nitrogens is 1. The lowest BCUT2D eigenvalue weighted by Crippen LogP contribution is -2.18. The summed E-state index contributed by atoms with van der Waals surface area (Å²) >= 11 is 0. The smallest absolute Gasteiger partial charge is 0.182 e. The number of aromatic nitrogens is 4. The third-order valence-electron chi connectivity index (χ3n) is 4.77. The van der Waals surface area contributed by atoms with Crippen molar-refractivity contribution in [2.75, 3.05) is 11.9 Å². The largest absolute Gasteiger partial charge is 0.459 e. The van der Waals surface area contributed by atoms with Crippen LogP contribution in [0.25, 0.3) is 16.7 Å². The maximum absolute atomic E-state index is 13.8.